The number of aromatic nitrogens is 3. The minimum Gasteiger partial charge on any atom is -0.378 e. The molecule has 70 heavy (non-hydrogen) atoms. The third-order valence-corrected chi connectivity index (χ3v) is 16.1. The minimum absolute atomic E-state index is 0.0236. The maximum Gasteiger partial charge on any atom is 0.416 e. The summed E-state index contributed by atoms with van der Waals surface area (Å²) in [6, 6.07) is 6.61. The molecule has 4 aliphatic heterocycles. The van der Waals surface area contributed by atoms with Gasteiger partial charge in [0.15, 0.2) is 0 Å². The lowest BCUT2D eigenvalue weighted by molar-refractivity contribution is -0.137. The summed E-state index contributed by atoms with van der Waals surface area (Å²) in [5.74, 6) is -0.352. The van der Waals surface area contributed by atoms with Gasteiger partial charge in [-0.3, -0.25) is 29.1 Å². The van der Waals surface area contributed by atoms with Crippen molar-refractivity contribution in [1.29, 1.82) is 0 Å². The molecule has 1 aromatic carbocycles. The van der Waals surface area contributed by atoms with E-state index in [0.29, 0.717) is 56.4 Å². The molecule has 1 aliphatic carbocycles. The maximum absolute atomic E-state index is 14.1. The van der Waals surface area contributed by atoms with Crippen LogP contribution in [-0.2, 0) is 25.4 Å². The van der Waals surface area contributed by atoms with Gasteiger partial charge in [-0.1, -0.05) is 12.5 Å². The number of nitrogens with one attached hydrogen (secondary N) is 3. The number of amides is 4. The molecule has 1 unspecified atom stereocenters. The number of carbonyl (C=O) groups excluding carboxylic acids is 4. The first-order valence-corrected chi connectivity index (χ1v) is 25.6. The summed E-state index contributed by atoms with van der Waals surface area (Å²) in [7, 11) is 3.94. The van der Waals surface area contributed by atoms with Gasteiger partial charge < -0.3 is 40.7 Å². The van der Waals surface area contributed by atoms with E-state index < -0.39 is 24.0 Å². The van der Waals surface area contributed by atoms with Crippen LogP contribution in [0.1, 0.15) is 114 Å². The number of unbranched alkanes of at least 4 members (excludes halogenated alkanes) is 2. The number of anilines is 1. The summed E-state index contributed by atoms with van der Waals surface area (Å²) >= 11 is 0. The van der Waals surface area contributed by atoms with Gasteiger partial charge in [0.2, 0.25) is 23.6 Å². The Morgan fingerprint density at radius 3 is 2.40 bits per heavy atom. The first-order chi connectivity index (χ1) is 33.6. The number of piperidine rings is 2. The van der Waals surface area contributed by atoms with Crippen LogP contribution in [0.15, 0.2) is 49.1 Å². The topological polar surface area (TPSA) is 179 Å². The third kappa shape index (κ3) is 11.9. The number of nitrogens with zero attached hydrogens (tertiary/aromatic N) is 8. The lowest BCUT2D eigenvalue weighted by Gasteiger charge is -2.45. The quantitative estimate of drug-likeness (QED) is 0.138. The van der Waals surface area contributed by atoms with E-state index >= 15 is 0 Å². The third-order valence-electron chi connectivity index (χ3n) is 16.1. The van der Waals surface area contributed by atoms with Crippen molar-refractivity contribution in [2.75, 3.05) is 58.7 Å². The number of carbonyl (C=O) groups is 4. The van der Waals surface area contributed by atoms with Crippen LogP contribution in [0.2, 0.25) is 0 Å². The number of rotatable bonds is 16. The molecule has 2 aromatic heterocycles. The number of hydrogen-bond donors (Lipinski definition) is 4. The first-order valence-electron chi connectivity index (χ1n) is 25.6. The van der Waals surface area contributed by atoms with E-state index in [1.54, 1.807) is 12.4 Å². The zero-order valence-electron chi connectivity index (χ0n) is 41.1. The summed E-state index contributed by atoms with van der Waals surface area (Å²) < 4.78 is 40.9. The molecule has 8 rings (SSSR count). The molecule has 4 amide bonds. The van der Waals surface area contributed by atoms with Crippen molar-refractivity contribution in [2.24, 2.45) is 11.8 Å². The highest BCUT2D eigenvalue weighted by molar-refractivity contribution is 5.93. The van der Waals surface area contributed by atoms with Crippen LogP contribution in [0, 0.1) is 11.8 Å². The Labute approximate surface area is 409 Å². The van der Waals surface area contributed by atoms with Crippen molar-refractivity contribution in [2.45, 2.75) is 152 Å². The Morgan fingerprint density at radius 1 is 0.914 bits per heavy atom. The lowest BCUT2D eigenvalue weighted by atomic mass is 9.83. The standard InChI is InChI=1S/C51H72F3N11O5/c1-32(2)61(3)37-12-14-43(65-26-19-41(50(65)70)59-47-38-27-35(51(52,53)54)11-13-40(38)57-31-58-47)42(28-37)60-48(68)33-15-22-63(23-16-33)36-17-24-64(25-18-36)44(66)10-6-5-7-21-56-49(69)39-29-45(67)62(4)46(39)34-9-8-20-55-30-34/h8-9,11,13,20,27,30-33,36-37,39,41-43,45-46,67H,5-7,10,12,14-19,21-26,28-29H2,1-4H3,(H,56,69)(H,60,68)(H,57,58,59)/t37-,39+,41+,42-,43+,45?,46-/m1/s1. The van der Waals surface area contributed by atoms with Crippen molar-refractivity contribution in [1.82, 2.24) is 50.1 Å². The van der Waals surface area contributed by atoms with Crippen LogP contribution in [0.5, 0.6) is 0 Å². The monoisotopic (exact) mass is 976 g/mol. The zero-order chi connectivity index (χ0) is 49.7. The second kappa shape index (κ2) is 22.6. The fourth-order valence-corrected chi connectivity index (χ4v) is 11.8. The van der Waals surface area contributed by atoms with E-state index in [-0.39, 0.29) is 70.8 Å². The predicted octanol–water partition coefficient (Wildman–Crippen LogP) is 5.19. The molecule has 19 heteroatoms. The van der Waals surface area contributed by atoms with Gasteiger partial charge >= 0.3 is 6.18 Å². The molecule has 1 saturated carbocycles. The second-order valence-corrected chi connectivity index (χ2v) is 20.6. The Hall–Kier alpha value is -4.98. The number of aliphatic hydroxyl groups excluding tert-OH is 1. The van der Waals surface area contributed by atoms with Crippen LogP contribution in [-0.4, -0.2) is 164 Å². The number of benzene rings is 1. The molecule has 5 fully saturated rings. The zero-order valence-corrected chi connectivity index (χ0v) is 41.1. The van der Waals surface area contributed by atoms with Gasteiger partial charge in [-0.25, -0.2) is 9.97 Å². The first kappa shape index (κ1) is 51.4. The molecule has 382 valence electrons. The largest absolute Gasteiger partial charge is 0.416 e. The van der Waals surface area contributed by atoms with E-state index in [0.717, 1.165) is 102 Å². The van der Waals surface area contributed by atoms with Gasteiger partial charge in [0, 0.05) is 80.8 Å². The van der Waals surface area contributed by atoms with Crippen molar-refractivity contribution < 1.29 is 37.5 Å². The fraction of sp³-hybridized carbons (Fsp3) is 0.667. The smallest absolute Gasteiger partial charge is 0.378 e. The maximum atomic E-state index is 14.1. The summed E-state index contributed by atoms with van der Waals surface area (Å²) in [4.78, 5) is 77.7. The summed E-state index contributed by atoms with van der Waals surface area (Å²) in [5.41, 5.74) is 0.441. The predicted molar refractivity (Wildman–Crippen MR) is 259 cm³/mol. The molecule has 4 saturated heterocycles. The number of hydrogen-bond acceptors (Lipinski definition) is 12. The Bertz CT molecular complexity index is 2280. The highest BCUT2D eigenvalue weighted by Crippen LogP contribution is 2.39. The molecule has 3 aromatic rings. The van der Waals surface area contributed by atoms with Crippen LogP contribution in [0.25, 0.3) is 10.9 Å². The number of halogens is 3. The average Bonchev–Trinajstić information content (AvgIpc) is 3.87. The SMILES string of the molecule is CC(C)N(C)[C@@H]1CC[C@H](N2CC[C@H](Nc3ncnc4ccc(C(F)(F)F)cc34)C2=O)[C@H](NC(=O)C2CCN(C3CCN(C(=O)CCCCCNC(=O)[C@H]4CC(O)N(C)[C@@H]4c4cccnc4)CC3)CC2)C1. The Balaban J connectivity index is 0.769. The Morgan fingerprint density at radius 2 is 1.69 bits per heavy atom. The van der Waals surface area contributed by atoms with Gasteiger partial charge in [-0.15, -0.1) is 0 Å². The van der Waals surface area contributed by atoms with Crippen molar-refractivity contribution in [3.05, 3.63) is 60.2 Å². The average molecular weight is 976 g/mol. The normalized spacial score (nSPS) is 26.7. The van der Waals surface area contributed by atoms with Crippen LogP contribution in [0.3, 0.4) is 0 Å². The van der Waals surface area contributed by atoms with Crippen LogP contribution < -0.4 is 16.0 Å². The van der Waals surface area contributed by atoms with Crippen LogP contribution >= 0.6 is 0 Å². The van der Waals surface area contributed by atoms with Crippen molar-refractivity contribution in [3.8, 4) is 0 Å². The van der Waals surface area contributed by atoms with Crippen molar-refractivity contribution in [3.63, 3.8) is 0 Å². The van der Waals surface area contributed by atoms with E-state index in [9.17, 15) is 37.5 Å². The van der Waals surface area contributed by atoms with Gasteiger partial charge in [-0.2, -0.15) is 13.2 Å². The number of likely N-dealkylation sites (tertiary alicyclic amines) is 4. The fourth-order valence-electron chi connectivity index (χ4n) is 11.8. The summed E-state index contributed by atoms with van der Waals surface area (Å²) in [5, 5.41) is 20.3. The number of alkyl halides is 3. The molecule has 16 nitrogen and oxygen atoms in total. The summed E-state index contributed by atoms with van der Waals surface area (Å²) in [6.45, 7) is 8.34. The molecular formula is C51H72F3N11O5. The van der Waals surface area contributed by atoms with Crippen molar-refractivity contribution >= 4 is 40.3 Å². The number of aliphatic hydroxyl groups is 1. The van der Waals surface area contributed by atoms with Gasteiger partial charge in [0.05, 0.1) is 35.1 Å². The van der Waals surface area contributed by atoms with Gasteiger partial charge in [0.1, 0.15) is 24.4 Å². The molecule has 5 aliphatic rings. The van der Waals surface area contributed by atoms with Gasteiger partial charge in [-0.05, 0) is 135 Å². The highest BCUT2D eigenvalue weighted by Gasteiger charge is 2.45. The van der Waals surface area contributed by atoms with E-state index in [1.807, 2.05) is 33.9 Å². The van der Waals surface area contributed by atoms with Gasteiger partial charge in [0.25, 0.3) is 0 Å². The lowest BCUT2D eigenvalue weighted by Crippen LogP contribution is -2.59. The minimum atomic E-state index is -4.54. The molecule has 4 N–H and O–H groups in total. The molecule has 0 bridgehead atoms. The number of fused-ring (bicyclic) bond motifs is 1. The second-order valence-electron chi connectivity index (χ2n) is 20.6. The summed E-state index contributed by atoms with van der Waals surface area (Å²) in [6.07, 6.45) is 8.72. The molecule has 0 spiro atoms. The molecular weight excluding hydrogens is 904 g/mol. The highest BCUT2D eigenvalue weighted by atomic mass is 19.4. The van der Waals surface area contributed by atoms with Crippen LogP contribution in [0.4, 0.5) is 19.0 Å². The molecule has 6 heterocycles. The van der Waals surface area contributed by atoms with E-state index in [4.69, 9.17) is 0 Å². The Kier molecular flexibility index (Phi) is 16.6. The molecule has 7 atom stereocenters. The van der Waals surface area contributed by atoms with E-state index in [2.05, 4.69) is 61.6 Å². The number of pyridine rings is 1. The van der Waals surface area contributed by atoms with E-state index in [1.165, 1.54) is 12.4 Å². The molecule has 0 radical (unpaired) electrons.